The van der Waals surface area contributed by atoms with E-state index in [1.165, 1.54) is 32.1 Å². The highest BCUT2D eigenvalue weighted by atomic mass is 127. The van der Waals surface area contributed by atoms with Gasteiger partial charge in [0.1, 0.15) is 5.78 Å². The van der Waals surface area contributed by atoms with E-state index in [4.69, 9.17) is 0 Å². The molecule has 4 rings (SSSR count). The molecule has 0 radical (unpaired) electrons. The molecule has 16 heavy (non-hydrogen) atoms. The third-order valence-corrected chi connectivity index (χ3v) is 8.11. The maximum Gasteiger partial charge on any atom is 0.147 e. The molecule has 0 N–H and O–H groups in total. The van der Waals surface area contributed by atoms with E-state index < -0.39 is 0 Å². The average Bonchev–Trinajstić information content (AvgIpc) is 3.06. The van der Waals surface area contributed by atoms with Gasteiger partial charge in [-0.1, -0.05) is 4.51 Å². The van der Waals surface area contributed by atoms with Crippen molar-refractivity contribution in [3.8, 4) is 0 Å². The van der Waals surface area contributed by atoms with Gasteiger partial charge in [-0.05, 0) is 77.3 Å². The normalized spacial score (nSPS) is 57.4. The van der Waals surface area contributed by atoms with Crippen molar-refractivity contribution in [3.05, 3.63) is 0 Å². The number of Topliss-reactive ketones (excluding diaryl/α,β-unsaturated/α-hetero) is 1. The van der Waals surface area contributed by atoms with E-state index >= 15 is 0 Å². The quantitative estimate of drug-likeness (QED) is 0.572. The topological polar surface area (TPSA) is 20.3 Å². The van der Waals surface area contributed by atoms with Crippen LogP contribution in [0.1, 0.15) is 39.0 Å². The van der Waals surface area contributed by atoms with Crippen molar-refractivity contribution in [2.24, 2.45) is 17.3 Å². The molecule has 3 saturated carbocycles. The molecule has 2 spiro atoms. The fraction of sp³-hybridized carbons (Fsp3) is 0.846. The molecule has 2 nitrogen and oxygen atoms in total. The van der Waals surface area contributed by atoms with Crippen LogP contribution in [-0.2, 0) is 4.79 Å². The lowest BCUT2D eigenvalue weighted by Gasteiger charge is -2.31. The Kier molecular flexibility index (Phi) is 1.78. The molecule has 5 atom stereocenters. The van der Waals surface area contributed by atoms with Gasteiger partial charge in [-0.3, -0.25) is 4.79 Å². The molecule has 1 heterocycles. The minimum absolute atomic E-state index is 0.167. The highest BCUT2D eigenvalue weighted by Crippen LogP contribution is 2.83. The first kappa shape index (κ1) is 10.2. The average molecular weight is 331 g/mol. The van der Waals surface area contributed by atoms with Gasteiger partial charge in [-0.15, -0.1) is 0 Å². The van der Waals surface area contributed by atoms with Crippen molar-refractivity contribution in [3.63, 3.8) is 0 Å². The Bertz CT molecular complexity index is 409. The standard InChI is InChI=1S/C13H18INO/c1-8(16)11-7-12-5-9(12)3-4-10-6-13(10,12)15(11)14-2/h9-11H,2-7H2,1H3/t9?,10?,11-,12?,13?/m0/s1. The van der Waals surface area contributed by atoms with E-state index in [0.717, 1.165) is 11.8 Å². The lowest BCUT2D eigenvalue weighted by molar-refractivity contribution is -0.119. The number of carbonyl (C=O) groups is 1. The number of ketones is 1. The maximum atomic E-state index is 11.8. The summed E-state index contributed by atoms with van der Waals surface area (Å²) in [4.78, 5) is 11.8. The van der Waals surface area contributed by atoms with Crippen LogP contribution in [0.15, 0.2) is 0 Å². The molecule has 0 bridgehead atoms. The predicted molar refractivity (Wildman–Crippen MR) is 72.7 cm³/mol. The van der Waals surface area contributed by atoms with Crippen molar-refractivity contribution in [2.75, 3.05) is 0 Å². The zero-order valence-electron chi connectivity index (χ0n) is 9.71. The zero-order valence-corrected chi connectivity index (χ0v) is 11.9. The third-order valence-electron chi connectivity index (χ3n) is 5.84. The van der Waals surface area contributed by atoms with Gasteiger partial charge in [0.05, 0.1) is 6.04 Å². The van der Waals surface area contributed by atoms with Gasteiger partial charge in [-0.2, -0.15) is 0 Å². The van der Waals surface area contributed by atoms with Gasteiger partial charge < -0.3 is 0 Å². The summed E-state index contributed by atoms with van der Waals surface area (Å²) in [7, 11) is 0. The number of carbonyl (C=O) groups excluding carboxylic acids is 1. The molecule has 88 valence electrons. The van der Waals surface area contributed by atoms with Crippen LogP contribution in [0.2, 0.25) is 0 Å². The Morgan fingerprint density at radius 3 is 2.75 bits per heavy atom. The summed E-state index contributed by atoms with van der Waals surface area (Å²) in [5, 5.41) is 0. The summed E-state index contributed by atoms with van der Waals surface area (Å²) >= 11 is -0.167. The molecule has 0 amide bonds. The van der Waals surface area contributed by atoms with Crippen molar-refractivity contribution in [1.29, 1.82) is 0 Å². The lowest BCUT2D eigenvalue weighted by Crippen LogP contribution is -2.38. The van der Waals surface area contributed by atoms with Crippen LogP contribution in [0.4, 0.5) is 0 Å². The van der Waals surface area contributed by atoms with Gasteiger partial charge in [0.25, 0.3) is 0 Å². The first-order valence-electron chi connectivity index (χ1n) is 6.34. The second-order valence-corrected chi connectivity index (χ2v) is 7.94. The largest absolute Gasteiger partial charge is 0.298 e. The van der Waals surface area contributed by atoms with Crippen LogP contribution >= 0.6 is 21.0 Å². The van der Waals surface area contributed by atoms with Crippen molar-refractivity contribution in [2.45, 2.75) is 50.6 Å². The second kappa shape index (κ2) is 2.79. The summed E-state index contributed by atoms with van der Waals surface area (Å²) in [6.07, 6.45) is 6.87. The number of hydrogen-bond donors (Lipinski definition) is 0. The van der Waals surface area contributed by atoms with E-state index in [1.807, 2.05) is 0 Å². The monoisotopic (exact) mass is 331 g/mol. The summed E-state index contributed by atoms with van der Waals surface area (Å²) in [5.41, 5.74) is 1.07. The predicted octanol–water partition coefficient (Wildman–Crippen LogP) is 2.53. The van der Waals surface area contributed by atoms with Crippen molar-refractivity contribution < 1.29 is 4.79 Å². The van der Waals surface area contributed by atoms with Crippen LogP contribution < -0.4 is 0 Å². The molecule has 1 aliphatic heterocycles. The zero-order chi connectivity index (χ0) is 11.1. The van der Waals surface area contributed by atoms with Crippen molar-refractivity contribution in [1.82, 2.24) is 3.11 Å². The van der Waals surface area contributed by atoms with Crippen molar-refractivity contribution >= 4 is 31.3 Å². The first-order chi connectivity index (χ1) is 7.65. The Balaban J connectivity index is 1.80. The number of hydrogen-bond acceptors (Lipinski definition) is 2. The van der Waals surface area contributed by atoms with E-state index in [1.54, 1.807) is 6.92 Å². The van der Waals surface area contributed by atoms with Gasteiger partial charge in [0.15, 0.2) is 0 Å². The van der Waals surface area contributed by atoms with E-state index in [-0.39, 0.29) is 27.0 Å². The Hall–Kier alpha value is 0.230. The lowest BCUT2D eigenvalue weighted by atomic mass is 9.83. The maximum absolute atomic E-state index is 11.8. The summed E-state index contributed by atoms with van der Waals surface area (Å²) in [5.74, 6) is 2.29. The Morgan fingerprint density at radius 2 is 2.06 bits per heavy atom. The number of halogens is 1. The fourth-order valence-corrected chi connectivity index (χ4v) is 7.80. The highest BCUT2D eigenvalue weighted by molar-refractivity contribution is 14.2. The molecule has 3 aliphatic carbocycles. The molecule has 4 fully saturated rings. The first-order valence-corrected chi connectivity index (χ1v) is 8.83. The highest BCUT2D eigenvalue weighted by Gasteiger charge is 2.83. The summed E-state index contributed by atoms with van der Waals surface area (Å²) in [6, 6.07) is 0.249. The number of rotatable bonds is 2. The van der Waals surface area contributed by atoms with Crippen LogP contribution in [0.3, 0.4) is 0 Å². The second-order valence-electron chi connectivity index (χ2n) is 6.22. The van der Waals surface area contributed by atoms with Crippen LogP contribution in [0.25, 0.3) is 0 Å². The molecular weight excluding hydrogens is 313 g/mol. The molecule has 4 unspecified atom stereocenters. The Morgan fingerprint density at radius 1 is 1.31 bits per heavy atom. The van der Waals surface area contributed by atoms with Crippen LogP contribution in [0, 0.1) is 17.3 Å². The van der Waals surface area contributed by atoms with Gasteiger partial charge in [-0.25, -0.2) is 3.11 Å². The summed E-state index contributed by atoms with van der Waals surface area (Å²) < 4.78 is 6.79. The smallest absolute Gasteiger partial charge is 0.147 e. The van der Waals surface area contributed by atoms with Gasteiger partial charge in [0.2, 0.25) is 0 Å². The summed E-state index contributed by atoms with van der Waals surface area (Å²) in [6.45, 7) is 1.79. The molecular formula is C13H18INO. The van der Waals surface area contributed by atoms with E-state index in [9.17, 15) is 4.79 Å². The Labute approximate surface area is 107 Å². The van der Waals surface area contributed by atoms with E-state index in [2.05, 4.69) is 7.63 Å². The molecule has 3 heteroatoms. The minimum atomic E-state index is -0.167. The SMILES string of the molecule is C=IN1[C@H](C(C)=O)CC23CC2CCC2CC213. The van der Waals surface area contributed by atoms with Gasteiger partial charge >= 0.3 is 0 Å². The number of nitrogens with zero attached hydrogens (tertiary/aromatic N) is 1. The minimum Gasteiger partial charge on any atom is -0.298 e. The molecule has 1 saturated heterocycles. The third kappa shape index (κ3) is 0.879. The molecule has 0 aromatic heterocycles. The molecule has 0 aromatic rings. The molecule has 4 aliphatic rings. The molecule has 0 aromatic carbocycles. The van der Waals surface area contributed by atoms with Crippen LogP contribution in [-0.4, -0.2) is 25.0 Å². The van der Waals surface area contributed by atoms with Crippen LogP contribution in [0.5, 0.6) is 0 Å². The van der Waals surface area contributed by atoms with E-state index in [0.29, 0.717) is 16.7 Å². The fourth-order valence-electron chi connectivity index (χ4n) is 5.06. The van der Waals surface area contributed by atoms with Gasteiger partial charge in [0, 0.05) is 5.54 Å².